The van der Waals surface area contributed by atoms with Crippen LogP contribution in [0.4, 0.5) is 0 Å². The zero-order valence-electron chi connectivity index (χ0n) is 5.14. The number of hydrogen-bond donors (Lipinski definition) is 0. The third-order valence-corrected chi connectivity index (χ3v) is 1.57. The van der Waals surface area contributed by atoms with Crippen LogP contribution < -0.4 is 0 Å². The molecule has 0 aliphatic heterocycles. The second-order valence-corrected chi connectivity index (χ2v) is 2.19. The van der Waals surface area contributed by atoms with Gasteiger partial charge in [0.25, 0.3) is 0 Å². The molecular formula is C4H13Li2O3P. The van der Waals surface area contributed by atoms with Gasteiger partial charge in [-0.25, -0.2) is 0 Å². The summed E-state index contributed by atoms with van der Waals surface area (Å²) in [5, 5.41) is 0. The van der Waals surface area contributed by atoms with E-state index in [-0.39, 0.29) is 37.7 Å². The van der Waals surface area contributed by atoms with Crippen LogP contribution in [0, 0.1) is 0 Å². The van der Waals surface area contributed by atoms with Crippen molar-refractivity contribution < 1.29 is 13.6 Å². The van der Waals surface area contributed by atoms with Gasteiger partial charge in [-0.3, -0.25) is 4.57 Å². The summed E-state index contributed by atoms with van der Waals surface area (Å²) in [5.41, 5.74) is 0. The Morgan fingerprint density at radius 1 is 1.10 bits per heavy atom. The van der Waals surface area contributed by atoms with E-state index in [1.165, 1.54) is 0 Å². The quantitative estimate of drug-likeness (QED) is 0.427. The van der Waals surface area contributed by atoms with Crippen molar-refractivity contribution in [3.63, 3.8) is 0 Å². The predicted octanol–water partition coefficient (Wildman–Crippen LogP) is 0.152. The van der Waals surface area contributed by atoms with Crippen molar-refractivity contribution in [1.29, 1.82) is 0 Å². The summed E-state index contributed by atoms with van der Waals surface area (Å²) in [5.74, 6) is 0. The molecule has 0 spiro atoms. The molecule has 0 rings (SSSR count). The van der Waals surface area contributed by atoms with Gasteiger partial charge in [0.15, 0.2) is 0 Å². The average Bonchev–Trinajstić information content (AvgIpc) is 1.68. The molecule has 0 saturated carbocycles. The van der Waals surface area contributed by atoms with E-state index >= 15 is 0 Å². The van der Waals surface area contributed by atoms with Gasteiger partial charge in [0.05, 0.1) is 13.2 Å². The second kappa shape index (κ2) is 13.0. The van der Waals surface area contributed by atoms with Crippen LogP contribution in [-0.2, 0) is 13.6 Å². The molecule has 0 aromatic heterocycles. The molecule has 0 unspecified atom stereocenters. The van der Waals surface area contributed by atoms with E-state index in [0.717, 1.165) is 0 Å². The van der Waals surface area contributed by atoms with Crippen molar-refractivity contribution >= 4 is 46.0 Å². The van der Waals surface area contributed by atoms with Crippen molar-refractivity contribution in [2.45, 2.75) is 13.8 Å². The van der Waals surface area contributed by atoms with E-state index in [9.17, 15) is 4.57 Å². The zero-order chi connectivity index (χ0) is 6.41. The van der Waals surface area contributed by atoms with E-state index in [1.807, 2.05) is 0 Å². The molecule has 3 nitrogen and oxygen atoms in total. The fraction of sp³-hybridized carbons (Fsp3) is 1.00. The fourth-order valence-electron chi connectivity index (χ4n) is 0.277. The number of hydrogen-bond acceptors (Lipinski definition) is 3. The Labute approximate surface area is 86.5 Å². The van der Waals surface area contributed by atoms with Gasteiger partial charge in [0, 0.05) is 0 Å². The molecule has 0 N–H and O–H groups in total. The zero-order valence-corrected chi connectivity index (χ0v) is 6.14. The Kier molecular flexibility index (Phi) is 22.6. The maximum atomic E-state index is 10.4. The van der Waals surface area contributed by atoms with Gasteiger partial charge in [-0.1, -0.05) is 0 Å². The van der Waals surface area contributed by atoms with Gasteiger partial charge < -0.3 is 9.05 Å². The minimum absolute atomic E-state index is 0. The van der Waals surface area contributed by atoms with E-state index in [0.29, 0.717) is 13.2 Å². The second-order valence-electron chi connectivity index (χ2n) is 1.12. The van der Waals surface area contributed by atoms with Crippen LogP contribution in [0.25, 0.3) is 0 Å². The van der Waals surface area contributed by atoms with Gasteiger partial charge in [-0.2, -0.15) is 0 Å². The molecule has 6 heteroatoms. The monoisotopic (exact) mass is 154 g/mol. The molecule has 0 atom stereocenters. The SMILES string of the molecule is CCO[PH](=O)OCC.[LiH].[LiH]. The molecule has 0 amide bonds. The first-order valence-corrected chi connectivity index (χ1v) is 3.83. The van der Waals surface area contributed by atoms with Crippen LogP contribution >= 0.6 is 8.25 Å². The third kappa shape index (κ3) is 12.1. The summed E-state index contributed by atoms with van der Waals surface area (Å²) in [6, 6.07) is 0. The Balaban J connectivity index is -0.000000245. The van der Waals surface area contributed by atoms with Crippen molar-refractivity contribution in [3.05, 3.63) is 0 Å². The van der Waals surface area contributed by atoms with Crippen molar-refractivity contribution in [3.8, 4) is 0 Å². The Morgan fingerprint density at radius 3 is 1.60 bits per heavy atom. The van der Waals surface area contributed by atoms with Crippen molar-refractivity contribution in [2.75, 3.05) is 13.2 Å². The summed E-state index contributed by atoms with van der Waals surface area (Å²) in [7, 11) is -2.14. The molecule has 0 radical (unpaired) electrons. The predicted molar refractivity (Wildman–Crippen MR) is 46.6 cm³/mol. The first-order valence-electron chi connectivity index (χ1n) is 2.60. The third-order valence-electron chi connectivity index (χ3n) is 0.524. The molecule has 0 saturated heterocycles. The average molecular weight is 154 g/mol. The number of rotatable bonds is 4. The van der Waals surface area contributed by atoms with Crippen molar-refractivity contribution in [1.82, 2.24) is 0 Å². The molecule has 0 fully saturated rings. The molecule has 0 aliphatic carbocycles. The van der Waals surface area contributed by atoms with Crippen LogP contribution in [0.2, 0.25) is 0 Å². The molecule has 54 valence electrons. The Hall–Kier alpha value is 1.34. The molecule has 0 aliphatic rings. The summed E-state index contributed by atoms with van der Waals surface area (Å²) in [4.78, 5) is 0. The molecule has 0 bridgehead atoms. The standard InChI is InChI=1S/C4H11O3P.2Li.2H/c1-3-6-8(5)7-4-2;;;;/h8H,3-4H2,1-2H3;;;;. The van der Waals surface area contributed by atoms with Gasteiger partial charge in [-0.05, 0) is 13.8 Å². The minimum atomic E-state index is -2.14. The van der Waals surface area contributed by atoms with Gasteiger partial charge in [0.1, 0.15) is 0 Å². The van der Waals surface area contributed by atoms with Crippen LogP contribution in [0.1, 0.15) is 13.8 Å². The Bertz CT molecular complexity index is 72.9. The van der Waals surface area contributed by atoms with E-state index in [2.05, 4.69) is 9.05 Å². The van der Waals surface area contributed by atoms with Crippen LogP contribution in [0.3, 0.4) is 0 Å². The summed E-state index contributed by atoms with van der Waals surface area (Å²) in [6.45, 7) is 4.47. The summed E-state index contributed by atoms with van der Waals surface area (Å²) >= 11 is 0. The molecule has 0 aromatic rings. The first kappa shape index (κ1) is 17.4. The van der Waals surface area contributed by atoms with E-state index in [4.69, 9.17) is 0 Å². The van der Waals surface area contributed by atoms with Gasteiger partial charge in [-0.15, -0.1) is 0 Å². The molecule has 10 heavy (non-hydrogen) atoms. The topological polar surface area (TPSA) is 35.5 Å². The van der Waals surface area contributed by atoms with E-state index in [1.54, 1.807) is 13.8 Å². The summed E-state index contributed by atoms with van der Waals surface area (Å²) < 4.78 is 19.6. The van der Waals surface area contributed by atoms with E-state index < -0.39 is 8.25 Å². The molecular weight excluding hydrogens is 141 g/mol. The van der Waals surface area contributed by atoms with Gasteiger partial charge >= 0.3 is 46.0 Å². The normalized spacial score (nSPS) is 8.30. The van der Waals surface area contributed by atoms with Crippen LogP contribution in [-0.4, -0.2) is 50.9 Å². The summed E-state index contributed by atoms with van der Waals surface area (Å²) in [6.07, 6.45) is 0. The van der Waals surface area contributed by atoms with Crippen molar-refractivity contribution in [2.24, 2.45) is 0 Å². The molecule has 0 aromatic carbocycles. The maximum absolute atomic E-state index is 10.4. The van der Waals surface area contributed by atoms with Crippen LogP contribution in [0.15, 0.2) is 0 Å². The van der Waals surface area contributed by atoms with Gasteiger partial charge in [0.2, 0.25) is 0 Å². The fourth-order valence-corrected chi connectivity index (χ4v) is 0.832. The first-order chi connectivity index (χ1) is 3.81. The van der Waals surface area contributed by atoms with Crippen LogP contribution in [0.5, 0.6) is 0 Å². The molecule has 0 heterocycles. The Morgan fingerprint density at radius 2 is 1.40 bits per heavy atom.